The Balaban J connectivity index is 1.80. The fourth-order valence-electron chi connectivity index (χ4n) is 3.15. The first-order valence-corrected chi connectivity index (χ1v) is 8.03. The molecule has 1 unspecified atom stereocenters. The Morgan fingerprint density at radius 3 is 2.92 bits per heavy atom. The Labute approximate surface area is 138 Å². The Morgan fingerprint density at radius 2 is 2.08 bits per heavy atom. The Hall–Kier alpha value is -2.82. The minimum Gasteiger partial charge on any atom is -0.449 e. The maximum Gasteiger partial charge on any atom is 0.339 e. The molecule has 0 saturated heterocycles. The van der Waals surface area contributed by atoms with Crippen molar-refractivity contribution in [3.05, 3.63) is 65.1 Å². The van der Waals surface area contributed by atoms with E-state index in [4.69, 9.17) is 4.74 Å². The minimum absolute atomic E-state index is 0.340. The highest BCUT2D eigenvalue weighted by atomic mass is 19.1. The van der Waals surface area contributed by atoms with Crippen LogP contribution in [0.3, 0.4) is 0 Å². The van der Waals surface area contributed by atoms with Crippen molar-refractivity contribution in [2.45, 2.75) is 19.4 Å². The zero-order valence-corrected chi connectivity index (χ0v) is 13.2. The average Bonchev–Trinajstić information content (AvgIpc) is 3.14. The molecule has 1 aromatic heterocycles. The number of anilines is 1. The van der Waals surface area contributed by atoms with Crippen molar-refractivity contribution in [2.24, 2.45) is 0 Å². The number of aromatic nitrogens is 1. The number of carbonyl (C=O) groups excluding carboxylic acids is 1. The molecule has 0 amide bonds. The molecule has 4 rings (SSSR count). The quantitative estimate of drug-likeness (QED) is 0.700. The van der Waals surface area contributed by atoms with Crippen LogP contribution in [0.15, 0.2) is 42.6 Å². The van der Waals surface area contributed by atoms with Gasteiger partial charge in [0.15, 0.2) is 6.10 Å². The lowest BCUT2D eigenvalue weighted by atomic mass is 9.98. The largest absolute Gasteiger partial charge is 0.449 e. The summed E-state index contributed by atoms with van der Waals surface area (Å²) in [4.78, 5) is 15.4. The highest BCUT2D eigenvalue weighted by Gasteiger charge is 2.35. The first-order chi connectivity index (χ1) is 11.7. The number of aromatic amines is 1. The topological polar surface area (TPSA) is 54.1 Å². The van der Waals surface area contributed by atoms with Gasteiger partial charge in [0.05, 0.1) is 11.3 Å². The second kappa shape index (κ2) is 5.67. The molecule has 1 aliphatic rings. The molecule has 2 aromatic carbocycles. The van der Waals surface area contributed by atoms with Crippen molar-refractivity contribution in [3.63, 3.8) is 0 Å². The number of carbonyl (C=O) groups is 1. The first kappa shape index (κ1) is 14.8. The van der Waals surface area contributed by atoms with Gasteiger partial charge in [-0.25, -0.2) is 9.18 Å². The minimum atomic E-state index is -0.585. The van der Waals surface area contributed by atoms with Crippen LogP contribution in [0.1, 0.15) is 40.9 Å². The van der Waals surface area contributed by atoms with E-state index in [1.165, 1.54) is 6.07 Å². The molecule has 0 aliphatic carbocycles. The number of hydrogen-bond donors (Lipinski definition) is 2. The number of ether oxygens (including phenoxy) is 1. The van der Waals surface area contributed by atoms with Crippen LogP contribution in [0.2, 0.25) is 0 Å². The van der Waals surface area contributed by atoms with Crippen molar-refractivity contribution >= 4 is 22.6 Å². The van der Waals surface area contributed by atoms with Gasteiger partial charge in [-0.3, -0.25) is 0 Å². The van der Waals surface area contributed by atoms with E-state index < -0.39 is 12.1 Å². The number of nitrogens with one attached hydrogen (secondary N) is 2. The molecule has 1 atom stereocenters. The molecule has 0 saturated carbocycles. The van der Waals surface area contributed by atoms with Crippen LogP contribution in [0.4, 0.5) is 10.1 Å². The Morgan fingerprint density at radius 1 is 1.25 bits per heavy atom. The molecule has 24 heavy (non-hydrogen) atoms. The zero-order chi connectivity index (χ0) is 16.7. The van der Waals surface area contributed by atoms with E-state index in [-0.39, 0.29) is 5.82 Å². The molecular formula is C19H17FN2O2. The molecule has 1 aliphatic heterocycles. The number of fused-ring (bicyclic) bond motifs is 2. The van der Waals surface area contributed by atoms with Gasteiger partial charge in [0.1, 0.15) is 5.82 Å². The molecule has 0 spiro atoms. The van der Waals surface area contributed by atoms with Crippen molar-refractivity contribution in [1.82, 2.24) is 4.98 Å². The third kappa shape index (κ3) is 2.24. The van der Waals surface area contributed by atoms with Gasteiger partial charge in [0.2, 0.25) is 0 Å². The van der Waals surface area contributed by atoms with Crippen LogP contribution in [0.5, 0.6) is 0 Å². The van der Waals surface area contributed by atoms with Gasteiger partial charge in [-0.1, -0.05) is 25.1 Å². The number of benzene rings is 2. The Kier molecular flexibility index (Phi) is 3.49. The normalized spacial score (nSPS) is 16.2. The molecule has 3 aromatic rings. The van der Waals surface area contributed by atoms with Gasteiger partial charge in [-0.15, -0.1) is 0 Å². The lowest BCUT2D eigenvalue weighted by Crippen LogP contribution is -2.04. The van der Waals surface area contributed by atoms with E-state index in [1.807, 2.05) is 37.4 Å². The van der Waals surface area contributed by atoms with E-state index in [9.17, 15) is 9.18 Å². The molecular weight excluding hydrogens is 307 g/mol. The van der Waals surface area contributed by atoms with E-state index in [2.05, 4.69) is 10.3 Å². The van der Waals surface area contributed by atoms with Gasteiger partial charge in [-0.05, 0) is 24.6 Å². The lowest BCUT2D eigenvalue weighted by Gasteiger charge is -2.11. The van der Waals surface area contributed by atoms with Crippen LogP contribution in [-0.4, -0.2) is 17.5 Å². The van der Waals surface area contributed by atoms with E-state index in [0.717, 1.165) is 22.9 Å². The molecule has 2 heterocycles. The molecule has 5 heteroatoms. The summed E-state index contributed by atoms with van der Waals surface area (Å²) in [5.41, 5.74) is 3.13. The third-order valence-corrected chi connectivity index (χ3v) is 4.34. The standard InChI is InChI=1S/C19H17FN2O2/c1-2-7-21-17-9-13-12(8-15(17)20)18(24-19(13)23)14-10-22-16-6-4-3-5-11(14)16/h3-6,8-10,18,21-22H,2,7H2,1H3. The number of H-pyrrole nitrogens is 1. The molecule has 0 fully saturated rings. The first-order valence-electron chi connectivity index (χ1n) is 8.03. The summed E-state index contributed by atoms with van der Waals surface area (Å²) in [7, 11) is 0. The number of esters is 1. The molecule has 4 nitrogen and oxygen atoms in total. The van der Waals surface area contributed by atoms with Crippen molar-refractivity contribution in [2.75, 3.05) is 11.9 Å². The maximum atomic E-state index is 14.4. The summed E-state index contributed by atoms with van der Waals surface area (Å²) in [6.07, 6.45) is 2.11. The number of cyclic esters (lactones) is 1. The number of halogens is 1. The third-order valence-electron chi connectivity index (χ3n) is 4.34. The number of para-hydroxylation sites is 1. The number of rotatable bonds is 4. The SMILES string of the molecule is CCCNc1cc2c(cc1F)C(c1c[nH]c3ccccc13)OC2=O. The van der Waals surface area contributed by atoms with Crippen molar-refractivity contribution < 1.29 is 13.9 Å². The smallest absolute Gasteiger partial charge is 0.339 e. The summed E-state index contributed by atoms with van der Waals surface area (Å²) < 4.78 is 19.9. The van der Waals surface area contributed by atoms with E-state index in [1.54, 1.807) is 6.07 Å². The second-order valence-corrected chi connectivity index (χ2v) is 5.92. The monoisotopic (exact) mass is 324 g/mol. The highest BCUT2D eigenvalue weighted by Crippen LogP contribution is 2.40. The second-order valence-electron chi connectivity index (χ2n) is 5.92. The number of hydrogen-bond acceptors (Lipinski definition) is 3. The van der Waals surface area contributed by atoms with Gasteiger partial charge in [0.25, 0.3) is 0 Å². The van der Waals surface area contributed by atoms with Crippen molar-refractivity contribution in [1.29, 1.82) is 0 Å². The molecule has 2 N–H and O–H groups in total. The molecule has 0 radical (unpaired) electrons. The predicted octanol–water partition coefficient (Wildman–Crippen LogP) is 4.39. The summed E-state index contributed by atoms with van der Waals surface area (Å²) in [5.74, 6) is -0.787. The maximum absolute atomic E-state index is 14.4. The summed E-state index contributed by atoms with van der Waals surface area (Å²) in [6, 6.07) is 10.7. The summed E-state index contributed by atoms with van der Waals surface area (Å²) in [5, 5.41) is 3.97. The fraction of sp³-hybridized carbons (Fsp3) is 0.211. The van der Waals surface area contributed by atoms with Gasteiger partial charge in [-0.2, -0.15) is 0 Å². The van der Waals surface area contributed by atoms with E-state index in [0.29, 0.717) is 23.4 Å². The van der Waals surface area contributed by atoms with Crippen LogP contribution >= 0.6 is 0 Å². The van der Waals surface area contributed by atoms with Gasteiger partial charge >= 0.3 is 5.97 Å². The van der Waals surface area contributed by atoms with Crippen LogP contribution in [0, 0.1) is 5.82 Å². The van der Waals surface area contributed by atoms with Gasteiger partial charge < -0.3 is 15.0 Å². The van der Waals surface area contributed by atoms with E-state index >= 15 is 0 Å². The fourth-order valence-corrected chi connectivity index (χ4v) is 3.15. The lowest BCUT2D eigenvalue weighted by molar-refractivity contribution is 0.0458. The highest BCUT2D eigenvalue weighted by molar-refractivity contribution is 5.97. The van der Waals surface area contributed by atoms with Crippen LogP contribution < -0.4 is 5.32 Å². The van der Waals surface area contributed by atoms with Crippen molar-refractivity contribution in [3.8, 4) is 0 Å². The van der Waals surface area contributed by atoms with Gasteiger partial charge in [0, 0.05) is 34.8 Å². The Bertz CT molecular complexity index is 932. The molecule has 122 valence electrons. The predicted molar refractivity (Wildman–Crippen MR) is 90.7 cm³/mol. The zero-order valence-electron chi connectivity index (χ0n) is 13.2. The summed E-state index contributed by atoms with van der Waals surface area (Å²) in [6.45, 7) is 2.65. The molecule has 0 bridgehead atoms. The van der Waals surface area contributed by atoms with Crippen LogP contribution in [0.25, 0.3) is 10.9 Å². The average molecular weight is 324 g/mol. The summed E-state index contributed by atoms with van der Waals surface area (Å²) >= 11 is 0. The van der Waals surface area contributed by atoms with Crippen LogP contribution in [-0.2, 0) is 4.74 Å².